The standard InChI is InChI=1S/C14H11IO/c15-8-7-11-9-16-14-12-4-2-1-3-10(12)5-6-13(11)14/h1-6,9H,7-8H2. The highest BCUT2D eigenvalue weighted by Gasteiger charge is 2.07. The zero-order valence-corrected chi connectivity index (χ0v) is 10.9. The third kappa shape index (κ3) is 1.52. The molecule has 1 aromatic heterocycles. The average molecular weight is 322 g/mol. The topological polar surface area (TPSA) is 13.1 Å². The lowest BCUT2D eigenvalue weighted by Crippen LogP contribution is -1.82. The summed E-state index contributed by atoms with van der Waals surface area (Å²) in [5, 5.41) is 3.71. The van der Waals surface area contributed by atoms with Crippen molar-refractivity contribution in [2.75, 3.05) is 4.43 Å². The van der Waals surface area contributed by atoms with E-state index in [2.05, 4.69) is 59.0 Å². The van der Waals surface area contributed by atoms with Crippen molar-refractivity contribution in [3.8, 4) is 0 Å². The van der Waals surface area contributed by atoms with Crippen LogP contribution in [0.5, 0.6) is 0 Å². The van der Waals surface area contributed by atoms with Crippen LogP contribution in [0.2, 0.25) is 0 Å². The van der Waals surface area contributed by atoms with Crippen LogP contribution < -0.4 is 0 Å². The fourth-order valence-electron chi connectivity index (χ4n) is 2.11. The van der Waals surface area contributed by atoms with Crippen LogP contribution in [0.25, 0.3) is 21.7 Å². The Morgan fingerprint density at radius 3 is 2.75 bits per heavy atom. The summed E-state index contributed by atoms with van der Waals surface area (Å²) in [6.45, 7) is 0. The summed E-state index contributed by atoms with van der Waals surface area (Å²) in [6.07, 6.45) is 2.97. The van der Waals surface area contributed by atoms with Gasteiger partial charge in [-0.1, -0.05) is 59.0 Å². The van der Waals surface area contributed by atoms with E-state index in [1.165, 1.54) is 21.7 Å². The van der Waals surface area contributed by atoms with Crippen LogP contribution in [0, 0.1) is 0 Å². The molecule has 0 aliphatic rings. The normalized spacial score (nSPS) is 11.3. The molecule has 0 aliphatic heterocycles. The highest BCUT2D eigenvalue weighted by Crippen LogP contribution is 2.29. The van der Waals surface area contributed by atoms with Gasteiger partial charge in [-0.2, -0.15) is 0 Å². The van der Waals surface area contributed by atoms with E-state index in [9.17, 15) is 0 Å². The number of alkyl halides is 1. The number of benzene rings is 2. The molecule has 0 amide bonds. The lowest BCUT2D eigenvalue weighted by Gasteiger charge is -1.98. The molecule has 0 N–H and O–H groups in total. The Hall–Kier alpha value is -1.03. The Morgan fingerprint density at radius 1 is 1.00 bits per heavy atom. The summed E-state index contributed by atoms with van der Waals surface area (Å²) in [5.41, 5.74) is 2.34. The van der Waals surface area contributed by atoms with Crippen LogP contribution in [0.3, 0.4) is 0 Å². The lowest BCUT2D eigenvalue weighted by atomic mass is 10.1. The van der Waals surface area contributed by atoms with Crippen molar-refractivity contribution >= 4 is 44.3 Å². The van der Waals surface area contributed by atoms with E-state index in [0.29, 0.717) is 0 Å². The van der Waals surface area contributed by atoms with Crippen LogP contribution in [0.15, 0.2) is 47.1 Å². The number of halogens is 1. The zero-order valence-electron chi connectivity index (χ0n) is 8.74. The molecule has 0 unspecified atom stereocenters. The molecule has 0 spiro atoms. The first-order chi connectivity index (χ1) is 7.90. The van der Waals surface area contributed by atoms with Crippen LogP contribution >= 0.6 is 22.6 Å². The van der Waals surface area contributed by atoms with E-state index in [0.717, 1.165) is 16.4 Å². The number of hydrogen-bond acceptors (Lipinski definition) is 1. The van der Waals surface area contributed by atoms with Gasteiger partial charge in [0.15, 0.2) is 0 Å². The van der Waals surface area contributed by atoms with Crippen molar-refractivity contribution in [2.24, 2.45) is 0 Å². The molecule has 0 bridgehead atoms. The Labute approximate surface area is 108 Å². The largest absolute Gasteiger partial charge is 0.463 e. The summed E-state index contributed by atoms with van der Waals surface area (Å²) in [4.78, 5) is 0. The van der Waals surface area contributed by atoms with E-state index >= 15 is 0 Å². The number of hydrogen-bond donors (Lipinski definition) is 0. The zero-order chi connectivity index (χ0) is 11.0. The van der Waals surface area contributed by atoms with Crippen molar-refractivity contribution in [3.05, 3.63) is 48.2 Å². The SMILES string of the molecule is ICCc1coc2c1ccc1ccccc12. The molecule has 0 saturated carbocycles. The predicted octanol–water partition coefficient (Wildman–Crippen LogP) is 4.56. The first-order valence-electron chi connectivity index (χ1n) is 5.34. The second kappa shape index (κ2) is 4.09. The van der Waals surface area contributed by atoms with Gasteiger partial charge >= 0.3 is 0 Å². The molecule has 0 fully saturated rings. The minimum Gasteiger partial charge on any atom is -0.463 e. The molecule has 0 atom stereocenters. The van der Waals surface area contributed by atoms with E-state index in [1.54, 1.807) is 0 Å². The average Bonchev–Trinajstić information content (AvgIpc) is 2.73. The second-order valence-corrected chi connectivity index (χ2v) is 4.94. The van der Waals surface area contributed by atoms with Crippen molar-refractivity contribution in [1.29, 1.82) is 0 Å². The first kappa shape index (κ1) is 10.1. The van der Waals surface area contributed by atoms with Gasteiger partial charge in [-0.15, -0.1) is 0 Å². The highest BCUT2D eigenvalue weighted by molar-refractivity contribution is 14.1. The molecule has 2 aromatic carbocycles. The van der Waals surface area contributed by atoms with Gasteiger partial charge in [0.05, 0.1) is 6.26 Å². The van der Waals surface area contributed by atoms with Gasteiger partial charge in [0, 0.05) is 15.2 Å². The molecule has 3 aromatic rings. The maximum Gasteiger partial charge on any atom is 0.141 e. The second-order valence-electron chi connectivity index (χ2n) is 3.86. The Kier molecular flexibility index (Phi) is 2.59. The number of rotatable bonds is 2. The third-order valence-corrected chi connectivity index (χ3v) is 3.45. The summed E-state index contributed by atoms with van der Waals surface area (Å²) in [6, 6.07) is 12.7. The minimum absolute atomic E-state index is 1.03. The number of furan rings is 1. The molecule has 3 rings (SSSR count). The maximum atomic E-state index is 5.71. The van der Waals surface area contributed by atoms with Gasteiger partial charge < -0.3 is 4.42 Å². The smallest absolute Gasteiger partial charge is 0.141 e. The van der Waals surface area contributed by atoms with Gasteiger partial charge in [0.2, 0.25) is 0 Å². The predicted molar refractivity (Wildman–Crippen MR) is 76.3 cm³/mol. The fraction of sp³-hybridized carbons (Fsp3) is 0.143. The quantitative estimate of drug-likeness (QED) is 0.498. The van der Waals surface area contributed by atoms with Crippen molar-refractivity contribution in [3.63, 3.8) is 0 Å². The molecular formula is C14H11IO. The van der Waals surface area contributed by atoms with Gasteiger partial charge in [0.25, 0.3) is 0 Å². The summed E-state index contributed by atoms with van der Waals surface area (Å²) in [5.74, 6) is 0. The summed E-state index contributed by atoms with van der Waals surface area (Å²) < 4.78 is 6.84. The van der Waals surface area contributed by atoms with Crippen LogP contribution in [-0.4, -0.2) is 4.43 Å². The number of fused-ring (bicyclic) bond motifs is 3. The summed E-state index contributed by atoms with van der Waals surface area (Å²) >= 11 is 2.40. The van der Waals surface area contributed by atoms with Crippen molar-refractivity contribution in [2.45, 2.75) is 6.42 Å². The molecule has 0 radical (unpaired) electrons. The van der Waals surface area contributed by atoms with Gasteiger partial charge in [0.1, 0.15) is 5.58 Å². The van der Waals surface area contributed by atoms with Gasteiger partial charge in [-0.3, -0.25) is 0 Å². The van der Waals surface area contributed by atoms with Gasteiger partial charge in [-0.25, -0.2) is 0 Å². The fourth-order valence-corrected chi connectivity index (χ4v) is 2.69. The van der Waals surface area contributed by atoms with E-state index in [1.807, 2.05) is 6.26 Å². The summed E-state index contributed by atoms with van der Waals surface area (Å²) in [7, 11) is 0. The van der Waals surface area contributed by atoms with Crippen molar-refractivity contribution < 1.29 is 4.42 Å². The molecule has 2 heteroatoms. The highest BCUT2D eigenvalue weighted by atomic mass is 127. The molecule has 1 nitrogen and oxygen atoms in total. The molecular weight excluding hydrogens is 311 g/mol. The van der Waals surface area contributed by atoms with E-state index in [4.69, 9.17) is 4.42 Å². The van der Waals surface area contributed by atoms with Crippen LogP contribution in [0.4, 0.5) is 0 Å². The monoisotopic (exact) mass is 322 g/mol. The van der Waals surface area contributed by atoms with Crippen molar-refractivity contribution in [1.82, 2.24) is 0 Å². The molecule has 16 heavy (non-hydrogen) atoms. The molecule has 0 saturated heterocycles. The van der Waals surface area contributed by atoms with Crippen LogP contribution in [-0.2, 0) is 6.42 Å². The Balaban J connectivity index is 2.36. The Bertz CT molecular complexity index is 639. The van der Waals surface area contributed by atoms with Gasteiger partial charge in [-0.05, 0) is 17.4 Å². The first-order valence-corrected chi connectivity index (χ1v) is 6.86. The molecule has 80 valence electrons. The maximum absolute atomic E-state index is 5.71. The van der Waals surface area contributed by atoms with Crippen LogP contribution in [0.1, 0.15) is 5.56 Å². The Morgan fingerprint density at radius 2 is 1.88 bits per heavy atom. The van der Waals surface area contributed by atoms with E-state index < -0.39 is 0 Å². The third-order valence-electron chi connectivity index (χ3n) is 2.91. The molecule has 1 heterocycles. The molecule has 0 aliphatic carbocycles. The van der Waals surface area contributed by atoms with E-state index in [-0.39, 0.29) is 0 Å². The lowest BCUT2D eigenvalue weighted by molar-refractivity contribution is 0.614. The minimum atomic E-state index is 1.03. The number of aryl methyl sites for hydroxylation is 1.